The Bertz CT molecular complexity index is 458. The Morgan fingerprint density at radius 2 is 1.67 bits per heavy atom. The van der Waals surface area contributed by atoms with Crippen molar-refractivity contribution in [3.63, 3.8) is 0 Å². The summed E-state index contributed by atoms with van der Waals surface area (Å²) in [7, 11) is 2.76. The lowest BCUT2D eigenvalue weighted by Crippen LogP contribution is -2.30. The second kappa shape index (κ2) is 5.16. The van der Waals surface area contributed by atoms with Gasteiger partial charge in [0.25, 0.3) is 0 Å². The van der Waals surface area contributed by atoms with Crippen LogP contribution in [0.3, 0.4) is 0 Å². The zero-order valence-electron chi connectivity index (χ0n) is 10.0. The number of aryl methyl sites for hydroxylation is 1. The largest absolute Gasteiger partial charge is 0.493 e. The molecule has 4 nitrogen and oxygen atoms in total. The molecule has 1 aromatic carbocycles. The molecule has 1 aromatic rings. The van der Waals surface area contributed by atoms with Gasteiger partial charge in [-0.15, -0.1) is 0 Å². The van der Waals surface area contributed by atoms with Crippen molar-refractivity contribution < 1.29 is 27.4 Å². The third kappa shape index (κ3) is 3.06. The molecule has 1 amide bonds. The van der Waals surface area contributed by atoms with Crippen molar-refractivity contribution in [2.75, 3.05) is 19.5 Å². The summed E-state index contributed by atoms with van der Waals surface area (Å²) in [4.78, 5) is 10.8. The Morgan fingerprint density at radius 1 is 1.17 bits per heavy atom. The van der Waals surface area contributed by atoms with E-state index >= 15 is 0 Å². The van der Waals surface area contributed by atoms with Crippen molar-refractivity contribution in [2.24, 2.45) is 0 Å². The third-order valence-electron chi connectivity index (χ3n) is 2.24. The smallest absolute Gasteiger partial charge is 0.471 e. The Hall–Kier alpha value is -1.92. The number of benzene rings is 1. The van der Waals surface area contributed by atoms with Gasteiger partial charge in [0, 0.05) is 11.8 Å². The highest BCUT2D eigenvalue weighted by Crippen LogP contribution is 2.33. The molecule has 0 saturated carbocycles. The van der Waals surface area contributed by atoms with Crippen molar-refractivity contribution in [3.05, 3.63) is 17.7 Å². The minimum atomic E-state index is -4.93. The SMILES string of the molecule is COc1cc(C)c(NC(=O)C(F)(F)F)cc1OC. The van der Waals surface area contributed by atoms with Gasteiger partial charge in [0.1, 0.15) is 0 Å². The van der Waals surface area contributed by atoms with Crippen molar-refractivity contribution in [1.29, 1.82) is 0 Å². The Morgan fingerprint density at radius 3 is 2.11 bits per heavy atom. The third-order valence-corrected chi connectivity index (χ3v) is 2.24. The van der Waals surface area contributed by atoms with E-state index < -0.39 is 12.1 Å². The highest BCUT2D eigenvalue weighted by molar-refractivity contribution is 5.95. The van der Waals surface area contributed by atoms with Gasteiger partial charge < -0.3 is 14.8 Å². The van der Waals surface area contributed by atoms with E-state index in [-0.39, 0.29) is 11.4 Å². The first-order valence-electron chi connectivity index (χ1n) is 4.90. The van der Waals surface area contributed by atoms with Crippen LogP contribution < -0.4 is 14.8 Å². The number of anilines is 1. The predicted octanol–water partition coefficient (Wildman–Crippen LogP) is 2.51. The fourth-order valence-corrected chi connectivity index (χ4v) is 1.31. The lowest BCUT2D eigenvalue weighted by molar-refractivity contribution is -0.167. The maximum absolute atomic E-state index is 12.1. The highest BCUT2D eigenvalue weighted by Gasteiger charge is 2.38. The van der Waals surface area contributed by atoms with Gasteiger partial charge in [-0.2, -0.15) is 13.2 Å². The summed E-state index contributed by atoms with van der Waals surface area (Å²) in [5.41, 5.74) is 0.459. The average Bonchev–Trinajstić information content (AvgIpc) is 2.29. The molecule has 100 valence electrons. The normalized spacial score (nSPS) is 11.0. The first-order valence-corrected chi connectivity index (χ1v) is 4.90. The molecule has 0 fully saturated rings. The van der Waals surface area contributed by atoms with Crippen LogP contribution in [0.15, 0.2) is 12.1 Å². The number of rotatable bonds is 3. The maximum atomic E-state index is 12.1. The molecule has 18 heavy (non-hydrogen) atoms. The number of carbonyl (C=O) groups excluding carboxylic acids is 1. The molecular weight excluding hydrogens is 251 g/mol. The van der Waals surface area contributed by atoms with E-state index in [1.165, 1.54) is 26.4 Å². The van der Waals surface area contributed by atoms with Crippen molar-refractivity contribution in [1.82, 2.24) is 0 Å². The van der Waals surface area contributed by atoms with Gasteiger partial charge in [-0.1, -0.05) is 0 Å². The van der Waals surface area contributed by atoms with E-state index in [4.69, 9.17) is 9.47 Å². The zero-order chi connectivity index (χ0) is 13.9. The molecule has 0 spiro atoms. The summed E-state index contributed by atoms with van der Waals surface area (Å²) in [5, 5.41) is 1.78. The average molecular weight is 263 g/mol. The van der Waals surface area contributed by atoms with Gasteiger partial charge in [0.15, 0.2) is 11.5 Å². The monoisotopic (exact) mass is 263 g/mol. The number of ether oxygens (including phenoxy) is 2. The van der Waals surface area contributed by atoms with Crippen molar-refractivity contribution in [3.8, 4) is 11.5 Å². The van der Waals surface area contributed by atoms with Gasteiger partial charge in [0.2, 0.25) is 0 Å². The number of nitrogens with one attached hydrogen (secondary N) is 1. The fraction of sp³-hybridized carbons (Fsp3) is 0.364. The number of hydrogen-bond acceptors (Lipinski definition) is 3. The topological polar surface area (TPSA) is 47.6 Å². The molecule has 1 N–H and O–H groups in total. The molecule has 0 atom stereocenters. The number of alkyl halides is 3. The summed E-state index contributed by atoms with van der Waals surface area (Å²) < 4.78 is 46.3. The molecule has 0 aliphatic heterocycles. The lowest BCUT2D eigenvalue weighted by atomic mass is 10.1. The molecule has 0 aromatic heterocycles. The summed E-state index contributed by atoms with van der Waals surface area (Å²) in [6, 6.07) is 2.75. The minimum absolute atomic E-state index is 0.0231. The number of hydrogen-bond donors (Lipinski definition) is 1. The van der Waals surface area contributed by atoms with Crippen molar-refractivity contribution >= 4 is 11.6 Å². The van der Waals surface area contributed by atoms with Crippen LogP contribution in [0, 0.1) is 6.92 Å². The number of methoxy groups -OCH3 is 2. The zero-order valence-corrected chi connectivity index (χ0v) is 10.0. The molecular formula is C11H12F3NO3. The van der Waals surface area contributed by atoms with Crippen LogP contribution >= 0.6 is 0 Å². The van der Waals surface area contributed by atoms with Gasteiger partial charge in [-0.25, -0.2) is 0 Å². The summed E-state index contributed by atoms with van der Waals surface area (Å²) in [6.45, 7) is 1.55. The second-order valence-corrected chi connectivity index (χ2v) is 3.47. The molecule has 7 heteroatoms. The molecule has 0 aliphatic carbocycles. The molecule has 1 rings (SSSR count). The van der Waals surface area contributed by atoms with E-state index in [1.54, 1.807) is 12.2 Å². The molecule has 0 bridgehead atoms. The quantitative estimate of drug-likeness (QED) is 0.911. The van der Waals surface area contributed by atoms with Crippen LogP contribution in [0.5, 0.6) is 11.5 Å². The molecule has 0 heterocycles. The number of carbonyl (C=O) groups is 1. The Kier molecular flexibility index (Phi) is 4.05. The first kappa shape index (κ1) is 14.1. The van der Waals surface area contributed by atoms with E-state index in [9.17, 15) is 18.0 Å². The van der Waals surface area contributed by atoms with Crippen LogP contribution in [0.2, 0.25) is 0 Å². The van der Waals surface area contributed by atoms with Gasteiger partial charge in [-0.05, 0) is 18.6 Å². The van der Waals surface area contributed by atoms with E-state index in [0.29, 0.717) is 11.3 Å². The first-order chi connectivity index (χ1) is 8.29. The molecule has 0 radical (unpaired) electrons. The number of amides is 1. The molecule has 0 aliphatic rings. The van der Waals surface area contributed by atoms with Crippen LogP contribution in [0.4, 0.5) is 18.9 Å². The highest BCUT2D eigenvalue weighted by atomic mass is 19.4. The summed E-state index contributed by atoms with van der Waals surface area (Å²) in [6.07, 6.45) is -4.93. The van der Waals surface area contributed by atoms with Crippen molar-refractivity contribution in [2.45, 2.75) is 13.1 Å². The van der Waals surface area contributed by atoms with E-state index in [0.717, 1.165) is 0 Å². The standard InChI is InChI=1S/C11H12F3NO3/c1-6-4-8(17-2)9(18-3)5-7(6)15-10(16)11(12,13)14/h4-5H,1-3H3,(H,15,16). The van der Waals surface area contributed by atoms with Gasteiger partial charge >= 0.3 is 12.1 Å². The fourth-order valence-electron chi connectivity index (χ4n) is 1.31. The van der Waals surface area contributed by atoms with Crippen LogP contribution in [-0.4, -0.2) is 26.3 Å². The predicted molar refractivity (Wildman–Crippen MR) is 59.0 cm³/mol. The minimum Gasteiger partial charge on any atom is -0.493 e. The maximum Gasteiger partial charge on any atom is 0.471 e. The second-order valence-electron chi connectivity index (χ2n) is 3.47. The summed E-state index contributed by atoms with van der Waals surface area (Å²) in [5.74, 6) is -1.42. The molecule has 0 unspecified atom stereocenters. The number of halogens is 3. The van der Waals surface area contributed by atoms with E-state index in [2.05, 4.69) is 0 Å². The Labute approximate surface area is 102 Å². The Balaban J connectivity index is 3.07. The van der Waals surface area contributed by atoms with Crippen LogP contribution in [0.1, 0.15) is 5.56 Å². The van der Waals surface area contributed by atoms with Gasteiger partial charge in [-0.3, -0.25) is 4.79 Å². The lowest BCUT2D eigenvalue weighted by Gasteiger charge is -2.14. The molecule has 0 saturated heterocycles. The van der Waals surface area contributed by atoms with Gasteiger partial charge in [0.05, 0.1) is 14.2 Å². The summed E-state index contributed by atoms with van der Waals surface area (Å²) >= 11 is 0. The van der Waals surface area contributed by atoms with Crippen LogP contribution in [-0.2, 0) is 4.79 Å². The van der Waals surface area contributed by atoms with E-state index in [1.807, 2.05) is 0 Å². The van der Waals surface area contributed by atoms with Crippen LogP contribution in [0.25, 0.3) is 0 Å².